The van der Waals surface area contributed by atoms with Crippen LogP contribution in [0.2, 0.25) is 0 Å². The molecule has 0 bridgehead atoms. The first kappa shape index (κ1) is 24.5. The molecular formula is C29H26N6O5. The Bertz CT molecular complexity index is 1580. The molecule has 0 aliphatic carbocycles. The van der Waals surface area contributed by atoms with Crippen molar-refractivity contribution in [1.82, 2.24) is 24.8 Å². The van der Waals surface area contributed by atoms with Crippen LogP contribution in [0, 0.1) is 11.3 Å². The van der Waals surface area contributed by atoms with Crippen LogP contribution >= 0.6 is 0 Å². The minimum absolute atomic E-state index is 0.0536. The van der Waals surface area contributed by atoms with Gasteiger partial charge >= 0.3 is 6.03 Å². The molecule has 4 aromatic rings. The minimum Gasteiger partial charge on any atom is -0.467 e. The quantitative estimate of drug-likeness (QED) is 0.387. The van der Waals surface area contributed by atoms with Gasteiger partial charge in [0, 0.05) is 37.3 Å². The van der Waals surface area contributed by atoms with Gasteiger partial charge in [-0.2, -0.15) is 9.94 Å². The van der Waals surface area contributed by atoms with E-state index >= 15 is 0 Å². The molecule has 0 atom stereocenters. The molecule has 1 fully saturated rings. The van der Waals surface area contributed by atoms with Gasteiger partial charge in [0.1, 0.15) is 22.5 Å². The van der Waals surface area contributed by atoms with Crippen molar-refractivity contribution in [2.45, 2.75) is 19.3 Å². The molecule has 0 radical (unpaired) electrons. The summed E-state index contributed by atoms with van der Waals surface area (Å²) in [6, 6.07) is 19.4. The molecular weight excluding hydrogens is 512 g/mol. The van der Waals surface area contributed by atoms with Gasteiger partial charge in [-0.15, -0.1) is 5.10 Å². The maximum Gasteiger partial charge on any atom is 0.346 e. The van der Waals surface area contributed by atoms with E-state index in [2.05, 4.69) is 45.5 Å². The first-order valence-corrected chi connectivity index (χ1v) is 13.1. The van der Waals surface area contributed by atoms with Crippen LogP contribution in [0.25, 0.3) is 11.0 Å². The van der Waals surface area contributed by atoms with Gasteiger partial charge in [0.25, 0.3) is 0 Å². The summed E-state index contributed by atoms with van der Waals surface area (Å²) < 4.78 is 23.7. The third-order valence-electron chi connectivity index (χ3n) is 7.62. The standard InChI is InChI=1S/C29H26N6O5/c30-14-19-1-4-24-25(11-19)35(32-31-24)29(36)34-9-7-33(8-10-34)28(20-2-5-26-22(12-20)15-37-17-39-26)21-3-6-27-23(13-21)16-38-18-40-27/h1-6,11-13,28H,7-10,15-18H2. The SMILES string of the molecule is N#Cc1ccc2nnn(C(=O)N3CCN(C(c4ccc5c(c4)COCO5)c4ccc5c(c4)COCO5)CC3)c2c1. The Morgan fingerprint density at radius 2 is 1.50 bits per heavy atom. The highest BCUT2D eigenvalue weighted by Crippen LogP contribution is 2.36. The number of piperazine rings is 1. The molecule has 202 valence electrons. The van der Waals surface area contributed by atoms with Crippen molar-refractivity contribution in [1.29, 1.82) is 5.26 Å². The molecule has 4 heterocycles. The van der Waals surface area contributed by atoms with Crippen molar-refractivity contribution in [2.24, 2.45) is 0 Å². The number of carbonyl (C=O) groups excluding carboxylic acids is 1. The van der Waals surface area contributed by atoms with Crippen molar-refractivity contribution in [3.63, 3.8) is 0 Å². The lowest BCUT2D eigenvalue weighted by Gasteiger charge is -2.40. The fraction of sp³-hybridized carbons (Fsp3) is 0.310. The second kappa shape index (κ2) is 10.2. The Kier molecular flexibility index (Phi) is 6.28. The first-order chi connectivity index (χ1) is 19.7. The third-order valence-corrected chi connectivity index (χ3v) is 7.62. The largest absolute Gasteiger partial charge is 0.467 e. The maximum atomic E-state index is 13.4. The predicted molar refractivity (Wildman–Crippen MR) is 141 cm³/mol. The monoisotopic (exact) mass is 538 g/mol. The number of aromatic nitrogens is 3. The Labute approximate surface area is 230 Å². The molecule has 1 aromatic heterocycles. The molecule has 3 aromatic carbocycles. The number of benzene rings is 3. The molecule has 11 heteroatoms. The van der Waals surface area contributed by atoms with Crippen LogP contribution in [0.1, 0.15) is 33.9 Å². The summed E-state index contributed by atoms with van der Waals surface area (Å²) in [5.74, 6) is 1.69. The van der Waals surface area contributed by atoms with E-state index in [4.69, 9.17) is 18.9 Å². The van der Waals surface area contributed by atoms with E-state index in [-0.39, 0.29) is 25.7 Å². The Hall–Kier alpha value is -4.50. The molecule has 0 saturated carbocycles. The van der Waals surface area contributed by atoms with Crippen molar-refractivity contribution in [2.75, 3.05) is 39.8 Å². The Balaban J connectivity index is 1.17. The molecule has 1 saturated heterocycles. The zero-order valence-corrected chi connectivity index (χ0v) is 21.7. The van der Waals surface area contributed by atoms with Gasteiger partial charge in [-0.05, 0) is 53.6 Å². The van der Waals surface area contributed by atoms with Gasteiger partial charge in [-0.3, -0.25) is 4.90 Å². The maximum absolute atomic E-state index is 13.4. The Morgan fingerprint density at radius 1 is 0.850 bits per heavy atom. The van der Waals surface area contributed by atoms with Crippen LogP contribution in [-0.4, -0.2) is 70.6 Å². The third kappa shape index (κ3) is 4.42. The summed E-state index contributed by atoms with van der Waals surface area (Å²) in [5.41, 5.74) is 5.84. The van der Waals surface area contributed by atoms with E-state index in [1.807, 2.05) is 12.1 Å². The van der Waals surface area contributed by atoms with E-state index in [1.165, 1.54) is 4.68 Å². The fourth-order valence-electron chi connectivity index (χ4n) is 5.61. The number of hydrogen-bond acceptors (Lipinski definition) is 9. The van der Waals surface area contributed by atoms with Crippen molar-refractivity contribution >= 4 is 17.1 Å². The lowest BCUT2D eigenvalue weighted by Crippen LogP contribution is -2.51. The predicted octanol–water partition coefficient (Wildman–Crippen LogP) is 3.41. The van der Waals surface area contributed by atoms with Crippen molar-refractivity contribution in [3.8, 4) is 17.6 Å². The minimum atomic E-state index is -0.250. The van der Waals surface area contributed by atoms with Gasteiger partial charge in [-0.25, -0.2) is 4.79 Å². The number of amides is 1. The van der Waals surface area contributed by atoms with E-state index in [0.717, 1.165) is 33.8 Å². The molecule has 1 amide bonds. The van der Waals surface area contributed by atoms with E-state index in [0.29, 0.717) is 56.0 Å². The lowest BCUT2D eigenvalue weighted by atomic mass is 9.93. The fourth-order valence-corrected chi connectivity index (χ4v) is 5.61. The molecule has 3 aliphatic heterocycles. The first-order valence-electron chi connectivity index (χ1n) is 13.1. The van der Waals surface area contributed by atoms with Gasteiger partial charge < -0.3 is 23.8 Å². The second-order valence-electron chi connectivity index (χ2n) is 9.98. The normalized spacial score (nSPS) is 17.1. The molecule has 11 nitrogen and oxygen atoms in total. The van der Waals surface area contributed by atoms with Gasteiger partial charge in [0.2, 0.25) is 0 Å². The summed E-state index contributed by atoms with van der Waals surface area (Å²) in [5, 5.41) is 17.5. The number of nitrogens with zero attached hydrogens (tertiary/aromatic N) is 6. The summed E-state index contributed by atoms with van der Waals surface area (Å²) in [7, 11) is 0. The summed E-state index contributed by atoms with van der Waals surface area (Å²) in [6.07, 6.45) is 0. The summed E-state index contributed by atoms with van der Waals surface area (Å²) in [4.78, 5) is 17.6. The average molecular weight is 539 g/mol. The zero-order valence-electron chi connectivity index (χ0n) is 21.7. The number of ether oxygens (including phenoxy) is 4. The molecule has 3 aliphatic rings. The van der Waals surface area contributed by atoms with Gasteiger partial charge in [-0.1, -0.05) is 17.3 Å². The smallest absolute Gasteiger partial charge is 0.346 e. The van der Waals surface area contributed by atoms with Crippen LogP contribution in [0.4, 0.5) is 4.79 Å². The van der Waals surface area contributed by atoms with Crippen LogP contribution in [-0.2, 0) is 22.7 Å². The number of rotatable bonds is 3. The molecule has 0 spiro atoms. The average Bonchev–Trinajstić information content (AvgIpc) is 3.44. The van der Waals surface area contributed by atoms with E-state index in [1.54, 1.807) is 23.1 Å². The molecule has 40 heavy (non-hydrogen) atoms. The number of fused-ring (bicyclic) bond motifs is 3. The topological polar surface area (TPSA) is 115 Å². The Morgan fingerprint density at radius 3 is 2.12 bits per heavy atom. The van der Waals surface area contributed by atoms with Gasteiger partial charge in [0.05, 0.1) is 30.9 Å². The number of carbonyl (C=O) groups is 1. The van der Waals surface area contributed by atoms with Gasteiger partial charge in [0.15, 0.2) is 13.6 Å². The second-order valence-corrected chi connectivity index (χ2v) is 9.98. The van der Waals surface area contributed by atoms with E-state index in [9.17, 15) is 10.1 Å². The van der Waals surface area contributed by atoms with Crippen LogP contribution < -0.4 is 9.47 Å². The summed E-state index contributed by atoms with van der Waals surface area (Å²) >= 11 is 0. The highest BCUT2D eigenvalue weighted by molar-refractivity contribution is 5.88. The molecule has 0 N–H and O–H groups in total. The van der Waals surface area contributed by atoms with Crippen LogP contribution in [0.15, 0.2) is 54.6 Å². The summed E-state index contributed by atoms with van der Waals surface area (Å²) in [6.45, 7) is 3.87. The van der Waals surface area contributed by atoms with Crippen molar-refractivity contribution in [3.05, 3.63) is 82.4 Å². The lowest BCUT2D eigenvalue weighted by molar-refractivity contribution is -0.0165. The number of hydrogen-bond donors (Lipinski definition) is 0. The van der Waals surface area contributed by atoms with Crippen LogP contribution in [0.5, 0.6) is 11.5 Å². The number of nitriles is 1. The highest BCUT2D eigenvalue weighted by atomic mass is 16.7. The molecule has 7 rings (SSSR count). The van der Waals surface area contributed by atoms with Crippen molar-refractivity contribution < 1.29 is 23.7 Å². The molecule has 0 unspecified atom stereocenters. The van der Waals surface area contributed by atoms with E-state index < -0.39 is 0 Å². The highest BCUT2D eigenvalue weighted by Gasteiger charge is 2.31. The zero-order chi connectivity index (χ0) is 27.1. The van der Waals surface area contributed by atoms with Crippen LogP contribution in [0.3, 0.4) is 0 Å².